The molecule has 0 fully saturated rings. The van der Waals surface area contributed by atoms with Crippen molar-refractivity contribution in [2.45, 2.75) is 26.4 Å². The Kier molecular flexibility index (Phi) is 4.18. The van der Waals surface area contributed by atoms with E-state index in [1.807, 2.05) is 26.1 Å². The van der Waals surface area contributed by atoms with Crippen LogP contribution in [0, 0.1) is 21.4 Å². The van der Waals surface area contributed by atoms with Crippen LogP contribution in [-0.2, 0) is 6.54 Å². The van der Waals surface area contributed by atoms with Crippen molar-refractivity contribution in [1.29, 1.82) is 5.26 Å². The quantitative estimate of drug-likeness (QED) is 0.673. The van der Waals surface area contributed by atoms with Crippen molar-refractivity contribution >= 4 is 11.4 Å². The summed E-state index contributed by atoms with van der Waals surface area (Å²) in [4.78, 5) is 10.6. The molecule has 0 aliphatic heterocycles. The maximum Gasteiger partial charge on any atom is 0.293 e. The third-order valence-corrected chi connectivity index (χ3v) is 3.17. The number of nitro groups is 1. The first-order valence-corrected chi connectivity index (χ1v) is 6.52. The van der Waals surface area contributed by atoms with E-state index in [4.69, 9.17) is 5.26 Å². The summed E-state index contributed by atoms with van der Waals surface area (Å²) in [7, 11) is 0. The van der Waals surface area contributed by atoms with Crippen molar-refractivity contribution in [3.05, 3.63) is 51.8 Å². The molecule has 0 radical (unpaired) electrons. The van der Waals surface area contributed by atoms with Gasteiger partial charge < -0.3 is 5.32 Å². The zero-order valence-corrected chi connectivity index (χ0v) is 11.8. The fourth-order valence-electron chi connectivity index (χ4n) is 1.97. The number of nitrogens with zero attached hydrogens (tertiary/aromatic N) is 4. The van der Waals surface area contributed by atoms with E-state index in [0.29, 0.717) is 5.69 Å². The van der Waals surface area contributed by atoms with Gasteiger partial charge in [0.1, 0.15) is 5.69 Å². The van der Waals surface area contributed by atoms with Crippen molar-refractivity contribution in [3.8, 4) is 6.07 Å². The van der Waals surface area contributed by atoms with Crippen LogP contribution in [-0.4, -0.2) is 14.7 Å². The predicted molar refractivity (Wildman–Crippen MR) is 77.8 cm³/mol. The summed E-state index contributed by atoms with van der Waals surface area (Å²) in [5, 5.41) is 27.2. The standard InChI is InChI=1S/C14H15N5O2/c1-3-18-9-12(8-16-18)10(2)17-13-5-4-11(7-15)6-14(13)19(20)21/h4-6,8-10,17H,3H2,1-2H3. The normalized spacial score (nSPS) is 11.7. The van der Waals surface area contributed by atoms with Gasteiger partial charge >= 0.3 is 0 Å². The molecule has 0 saturated heterocycles. The fraction of sp³-hybridized carbons (Fsp3) is 0.286. The number of rotatable bonds is 5. The molecular weight excluding hydrogens is 270 g/mol. The summed E-state index contributed by atoms with van der Waals surface area (Å²) >= 11 is 0. The molecule has 1 aromatic heterocycles. The Hall–Kier alpha value is -2.88. The minimum absolute atomic E-state index is 0.108. The summed E-state index contributed by atoms with van der Waals surface area (Å²) in [6.07, 6.45) is 3.63. The smallest absolute Gasteiger partial charge is 0.293 e. The topological polar surface area (TPSA) is 96.8 Å². The van der Waals surface area contributed by atoms with E-state index in [9.17, 15) is 10.1 Å². The molecular formula is C14H15N5O2. The first kappa shape index (κ1) is 14.5. The highest BCUT2D eigenvalue weighted by molar-refractivity contribution is 5.64. The molecule has 0 saturated carbocycles. The van der Waals surface area contributed by atoms with Crippen LogP contribution in [0.2, 0.25) is 0 Å². The van der Waals surface area contributed by atoms with Gasteiger partial charge in [-0.05, 0) is 26.0 Å². The molecule has 1 heterocycles. The van der Waals surface area contributed by atoms with E-state index in [-0.39, 0.29) is 17.3 Å². The van der Waals surface area contributed by atoms with Crippen molar-refractivity contribution in [2.75, 3.05) is 5.32 Å². The Bertz CT molecular complexity index is 702. The first-order valence-electron chi connectivity index (χ1n) is 6.52. The van der Waals surface area contributed by atoms with Crippen LogP contribution in [0.3, 0.4) is 0 Å². The highest BCUT2D eigenvalue weighted by Crippen LogP contribution is 2.28. The summed E-state index contributed by atoms with van der Waals surface area (Å²) in [5.41, 5.74) is 1.48. The molecule has 0 aliphatic rings. The molecule has 7 nitrogen and oxygen atoms in total. The summed E-state index contributed by atoms with van der Waals surface area (Å²) in [5.74, 6) is 0. The molecule has 1 aromatic carbocycles. The number of nitro benzene ring substituents is 1. The lowest BCUT2D eigenvalue weighted by Gasteiger charge is -2.13. The summed E-state index contributed by atoms with van der Waals surface area (Å²) in [6.45, 7) is 4.66. The molecule has 0 spiro atoms. The number of aryl methyl sites for hydroxylation is 1. The van der Waals surface area contributed by atoms with Crippen LogP contribution in [0.1, 0.15) is 31.0 Å². The average Bonchev–Trinajstić information content (AvgIpc) is 2.96. The molecule has 2 aromatic rings. The van der Waals surface area contributed by atoms with Gasteiger partial charge in [-0.1, -0.05) is 0 Å². The van der Waals surface area contributed by atoms with Gasteiger partial charge in [0.05, 0.1) is 28.8 Å². The molecule has 0 aliphatic carbocycles. The Morgan fingerprint density at radius 3 is 2.90 bits per heavy atom. The van der Waals surface area contributed by atoms with Crippen LogP contribution in [0.5, 0.6) is 0 Å². The van der Waals surface area contributed by atoms with Gasteiger partial charge in [0.15, 0.2) is 0 Å². The minimum Gasteiger partial charge on any atom is -0.373 e. The minimum atomic E-state index is -0.495. The second-order valence-electron chi connectivity index (χ2n) is 4.60. The molecule has 1 atom stereocenters. The zero-order valence-electron chi connectivity index (χ0n) is 11.8. The first-order chi connectivity index (χ1) is 10.0. The maximum absolute atomic E-state index is 11.1. The van der Waals surface area contributed by atoms with Gasteiger partial charge in [0.25, 0.3) is 5.69 Å². The van der Waals surface area contributed by atoms with Crippen LogP contribution in [0.15, 0.2) is 30.6 Å². The number of benzene rings is 1. The lowest BCUT2D eigenvalue weighted by molar-refractivity contribution is -0.384. The van der Waals surface area contributed by atoms with E-state index < -0.39 is 4.92 Å². The van der Waals surface area contributed by atoms with Crippen molar-refractivity contribution in [1.82, 2.24) is 9.78 Å². The monoisotopic (exact) mass is 285 g/mol. The van der Waals surface area contributed by atoms with Crippen LogP contribution >= 0.6 is 0 Å². The molecule has 1 N–H and O–H groups in total. The third-order valence-electron chi connectivity index (χ3n) is 3.17. The van der Waals surface area contributed by atoms with E-state index in [1.165, 1.54) is 6.07 Å². The second-order valence-corrected chi connectivity index (χ2v) is 4.60. The SMILES string of the molecule is CCn1cc(C(C)Nc2ccc(C#N)cc2[N+](=O)[O-])cn1. The number of nitriles is 1. The van der Waals surface area contributed by atoms with Crippen LogP contribution in [0.4, 0.5) is 11.4 Å². The zero-order chi connectivity index (χ0) is 15.4. The van der Waals surface area contributed by atoms with Gasteiger partial charge in [0, 0.05) is 24.4 Å². The van der Waals surface area contributed by atoms with Crippen LogP contribution in [0.25, 0.3) is 0 Å². The Labute approximate surface area is 122 Å². The van der Waals surface area contributed by atoms with Crippen molar-refractivity contribution in [3.63, 3.8) is 0 Å². The Morgan fingerprint density at radius 1 is 1.57 bits per heavy atom. The van der Waals surface area contributed by atoms with E-state index >= 15 is 0 Å². The largest absolute Gasteiger partial charge is 0.373 e. The van der Waals surface area contributed by atoms with E-state index in [1.54, 1.807) is 23.0 Å². The predicted octanol–water partition coefficient (Wildman–Crippen LogP) is 2.86. The van der Waals surface area contributed by atoms with Gasteiger partial charge in [0.2, 0.25) is 0 Å². The van der Waals surface area contributed by atoms with Gasteiger partial charge in [-0.3, -0.25) is 14.8 Å². The fourth-order valence-corrected chi connectivity index (χ4v) is 1.97. The molecule has 2 rings (SSSR count). The molecule has 21 heavy (non-hydrogen) atoms. The number of anilines is 1. The lowest BCUT2D eigenvalue weighted by atomic mass is 10.1. The van der Waals surface area contributed by atoms with E-state index in [2.05, 4.69) is 10.4 Å². The molecule has 0 amide bonds. The summed E-state index contributed by atoms with van der Waals surface area (Å²) < 4.78 is 1.79. The molecule has 7 heteroatoms. The number of hydrogen-bond acceptors (Lipinski definition) is 5. The van der Waals surface area contributed by atoms with Gasteiger partial charge in [-0.25, -0.2) is 0 Å². The highest BCUT2D eigenvalue weighted by atomic mass is 16.6. The van der Waals surface area contributed by atoms with Gasteiger partial charge in [-0.15, -0.1) is 0 Å². The lowest BCUT2D eigenvalue weighted by Crippen LogP contribution is -2.08. The number of aromatic nitrogens is 2. The number of hydrogen-bond donors (Lipinski definition) is 1. The summed E-state index contributed by atoms with van der Waals surface area (Å²) in [6, 6.07) is 6.15. The number of nitrogens with one attached hydrogen (secondary N) is 1. The second kappa shape index (κ2) is 6.05. The Morgan fingerprint density at radius 2 is 2.33 bits per heavy atom. The van der Waals surface area contributed by atoms with E-state index in [0.717, 1.165) is 12.1 Å². The van der Waals surface area contributed by atoms with Crippen molar-refractivity contribution < 1.29 is 4.92 Å². The Balaban J connectivity index is 2.26. The molecule has 0 bridgehead atoms. The van der Waals surface area contributed by atoms with Gasteiger partial charge in [-0.2, -0.15) is 10.4 Å². The molecule has 108 valence electrons. The third kappa shape index (κ3) is 3.17. The highest BCUT2D eigenvalue weighted by Gasteiger charge is 2.17. The van der Waals surface area contributed by atoms with Crippen LogP contribution < -0.4 is 5.32 Å². The maximum atomic E-state index is 11.1. The average molecular weight is 285 g/mol. The van der Waals surface area contributed by atoms with Crippen molar-refractivity contribution in [2.24, 2.45) is 0 Å². The molecule has 1 unspecified atom stereocenters.